The minimum absolute atomic E-state index is 0.0810. The summed E-state index contributed by atoms with van der Waals surface area (Å²) in [4.78, 5) is 0. The van der Waals surface area contributed by atoms with Crippen LogP contribution in [0.1, 0.15) is 25.0 Å². The van der Waals surface area contributed by atoms with Gasteiger partial charge in [0.1, 0.15) is 0 Å². The van der Waals surface area contributed by atoms with Gasteiger partial charge < -0.3 is 9.84 Å². The molecule has 0 bridgehead atoms. The van der Waals surface area contributed by atoms with Crippen LogP contribution in [0, 0.1) is 0 Å². The van der Waals surface area contributed by atoms with Gasteiger partial charge in [-0.05, 0) is 25.0 Å². The molecule has 72 valence electrons. The van der Waals surface area contributed by atoms with E-state index >= 15 is 0 Å². The van der Waals surface area contributed by atoms with Gasteiger partial charge in [-0.2, -0.15) is 0 Å². The van der Waals surface area contributed by atoms with Crippen molar-refractivity contribution in [2.45, 2.75) is 33.2 Å². The summed E-state index contributed by atoms with van der Waals surface area (Å²) in [6, 6.07) is 7.77. The van der Waals surface area contributed by atoms with Gasteiger partial charge in [-0.25, -0.2) is 0 Å². The Labute approximate surface area is 79.2 Å². The second-order valence-electron chi connectivity index (χ2n) is 3.29. The lowest BCUT2D eigenvalue weighted by atomic mass is 10.1. The highest BCUT2D eigenvalue weighted by atomic mass is 16.5. The van der Waals surface area contributed by atoms with E-state index in [1.165, 1.54) is 0 Å². The first-order chi connectivity index (χ1) is 6.24. The van der Waals surface area contributed by atoms with Crippen LogP contribution in [-0.4, -0.2) is 11.2 Å². The molecule has 1 aromatic carbocycles. The van der Waals surface area contributed by atoms with Crippen molar-refractivity contribution in [1.29, 1.82) is 0 Å². The fourth-order valence-electron chi connectivity index (χ4n) is 1.11. The summed E-state index contributed by atoms with van der Waals surface area (Å²) in [6.45, 7) is 4.66. The quantitative estimate of drug-likeness (QED) is 0.769. The third kappa shape index (κ3) is 3.17. The molecule has 1 rings (SSSR count). The Kier molecular flexibility index (Phi) is 3.93. The van der Waals surface area contributed by atoms with Crippen LogP contribution in [0.15, 0.2) is 24.3 Å². The largest absolute Gasteiger partial charge is 0.392 e. The Hall–Kier alpha value is -0.860. The second kappa shape index (κ2) is 5.00. The molecule has 0 unspecified atom stereocenters. The van der Waals surface area contributed by atoms with E-state index in [0.717, 1.165) is 11.1 Å². The molecule has 0 saturated heterocycles. The first-order valence-electron chi connectivity index (χ1n) is 4.53. The van der Waals surface area contributed by atoms with E-state index < -0.39 is 0 Å². The lowest BCUT2D eigenvalue weighted by Gasteiger charge is -2.10. The molecule has 1 aromatic rings. The first-order valence-corrected chi connectivity index (χ1v) is 4.53. The maximum Gasteiger partial charge on any atom is 0.0723 e. The molecule has 0 aromatic heterocycles. The van der Waals surface area contributed by atoms with Gasteiger partial charge in [0.05, 0.1) is 19.3 Å². The fraction of sp³-hybridized carbons (Fsp3) is 0.455. The molecule has 13 heavy (non-hydrogen) atoms. The predicted octanol–water partition coefficient (Wildman–Crippen LogP) is 2.10. The molecule has 2 nitrogen and oxygen atoms in total. The zero-order chi connectivity index (χ0) is 9.68. The highest BCUT2D eigenvalue weighted by Crippen LogP contribution is 2.10. The van der Waals surface area contributed by atoms with Gasteiger partial charge in [0.15, 0.2) is 0 Å². The normalized spacial score (nSPS) is 10.8. The molecule has 2 heteroatoms. The Bertz CT molecular complexity index is 256. The smallest absolute Gasteiger partial charge is 0.0723 e. The van der Waals surface area contributed by atoms with Crippen molar-refractivity contribution in [1.82, 2.24) is 0 Å². The van der Waals surface area contributed by atoms with Gasteiger partial charge in [0.2, 0.25) is 0 Å². The van der Waals surface area contributed by atoms with Crippen molar-refractivity contribution >= 4 is 0 Å². The highest BCUT2D eigenvalue weighted by Gasteiger charge is 2.01. The Morgan fingerprint density at radius 1 is 1.23 bits per heavy atom. The summed E-state index contributed by atoms with van der Waals surface area (Å²) in [5, 5.41) is 9.03. The van der Waals surface area contributed by atoms with E-state index in [1.807, 2.05) is 38.1 Å². The summed E-state index contributed by atoms with van der Waals surface area (Å²) in [5.41, 5.74) is 2.02. The second-order valence-corrected chi connectivity index (χ2v) is 3.29. The third-order valence-electron chi connectivity index (χ3n) is 1.86. The van der Waals surface area contributed by atoms with Crippen molar-refractivity contribution in [3.63, 3.8) is 0 Å². The molecule has 0 heterocycles. The third-order valence-corrected chi connectivity index (χ3v) is 1.86. The van der Waals surface area contributed by atoms with Crippen LogP contribution in [0.25, 0.3) is 0 Å². The Balaban J connectivity index is 2.64. The maximum absolute atomic E-state index is 9.03. The minimum Gasteiger partial charge on any atom is -0.392 e. The first kappa shape index (κ1) is 10.2. The van der Waals surface area contributed by atoms with Gasteiger partial charge in [-0.1, -0.05) is 24.3 Å². The Morgan fingerprint density at radius 2 is 1.85 bits per heavy atom. The molecule has 0 aliphatic heterocycles. The zero-order valence-electron chi connectivity index (χ0n) is 8.16. The molecular weight excluding hydrogens is 164 g/mol. The molecule has 0 radical (unpaired) electrons. The van der Waals surface area contributed by atoms with Gasteiger partial charge >= 0.3 is 0 Å². The number of benzene rings is 1. The van der Waals surface area contributed by atoms with E-state index in [-0.39, 0.29) is 12.7 Å². The zero-order valence-corrected chi connectivity index (χ0v) is 8.16. The average Bonchev–Trinajstić information content (AvgIpc) is 2.15. The van der Waals surface area contributed by atoms with E-state index in [1.54, 1.807) is 0 Å². The monoisotopic (exact) mass is 180 g/mol. The number of hydrogen-bond acceptors (Lipinski definition) is 2. The maximum atomic E-state index is 9.03. The molecular formula is C11H16O2. The van der Waals surface area contributed by atoms with Crippen LogP contribution in [0.4, 0.5) is 0 Å². The fourth-order valence-corrected chi connectivity index (χ4v) is 1.11. The molecule has 1 N–H and O–H groups in total. The summed E-state index contributed by atoms with van der Waals surface area (Å²) in [5.74, 6) is 0. The number of rotatable bonds is 4. The molecule has 0 aliphatic carbocycles. The van der Waals surface area contributed by atoms with E-state index in [2.05, 4.69) is 0 Å². The predicted molar refractivity (Wildman–Crippen MR) is 52.3 cm³/mol. The Morgan fingerprint density at radius 3 is 2.38 bits per heavy atom. The molecule has 0 atom stereocenters. The van der Waals surface area contributed by atoms with Crippen LogP contribution in [-0.2, 0) is 18.0 Å². The van der Waals surface area contributed by atoms with Crippen LogP contribution in [0.2, 0.25) is 0 Å². The van der Waals surface area contributed by atoms with Crippen molar-refractivity contribution < 1.29 is 9.84 Å². The van der Waals surface area contributed by atoms with E-state index in [0.29, 0.717) is 6.61 Å². The minimum atomic E-state index is 0.0810. The van der Waals surface area contributed by atoms with Crippen LogP contribution in [0.3, 0.4) is 0 Å². The number of aliphatic hydroxyl groups is 1. The lowest BCUT2D eigenvalue weighted by molar-refractivity contribution is 0.0646. The van der Waals surface area contributed by atoms with Crippen LogP contribution < -0.4 is 0 Å². The van der Waals surface area contributed by atoms with Crippen LogP contribution >= 0.6 is 0 Å². The lowest BCUT2D eigenvalue weighted by Crippen LogP contribution is -2.04. The van der Waals surface area contributed by atoms with Crippen molar-refractivity contribution in [2.75, 3.05) is 0 Å². The molecule has 0 amide bonds. The van der Waals surface area contributed by atoms with Crippen molar-refractivity contribution in [3.05, 3.63) is 35.4 Å². The van der Waals surface area contributed by atoms with E-state index in [9.17, 15) is 0 Å². The van der Waals surface area contributed by atoms with Crippen LogP contribution in [0.5, 0.6) is 0 Å². The van der Waals surface area contributed by atoms with Crippen molar-refractivity contribution in [3.8, 4) is 0 Å². The highest BCUT2D eigenvalue weighted by molar-refractivity contribution is 5.25. The summed E-state index contributed by atoms with van der Waals surface area (Å²) in [7, 11) is 0. The number of ether oxygens (including phenoxy) is 1. The topological polar surface area (TPSA) is 29.5 Å². The molecule has 0 spiro atoms. The summed E-state index contributed by atoms with van der Waals surface area (Å²) in [6.07, 6.45) is 0.228. The summed E-state index contributed by atoms with van der Waals surface area (Å²) >= 11 is 0. The standard InChI is InChI=1S/C11H16O2/c1-9(2)13-8-11-6-4-3-5-10(11)7-12/h3-6,9,12H,7-8H2,1-2H3. The average molecular weight is 180 g/mol. The van der Waals surface area contributed by atoms with Gasteiger partial charge in [-0.15, -0.1) is 0 Å². The SMILES string of the molecule is CC(C)OCc1ccccc1CO. The molecule has 0 fully saturated rings. The van der Waals surface area contributed by atoms with E-state index in [4.69, 9.17) is 9.84 Å². The summed E-state index contributed by atoms with van der Waals surface area (Å²) < 4.78 is 5.46. The molecule has 0 aliphatic rings. The van der Waals surface area contributed by atoms with Crippen molar-refractivity contribution in [2.24, 2.45) is 0 Å². The number of hydrogen-bond donors (Lipinski definition) is 1. The van der Waals surface area contributed by atoms with Gasteiger partial charge in [-0.3, -0.25) is 0 Å². The molecule has 0 saturated carbocycles. The number of aliphatic hydroxyl groups excluding tert-OH is 1. The van der Waals surface area contributed by atoms with Gasteiger partial charge in [0.25, 0.3) is 0 Å². The van der Waals surface area contributed by atoms with Gasteiger partial charge in [0, 0.05) is 0 Å².